The predicted octanol–water partition coefficient (Wildman–Crippen LogP) is 2.89. The second-order valence-corrected chi connectivity index (χ2v) is 4.37. The normalized spacial score (nSPS) is 15.7. The number of aryl methyl sites for hydroxylation is 1. The van der Waals surface area contributed by atoms with E-state index in [0.717, 1.165) is 36.2 Å². The lowest BCUT2D eigenvalue weighted by Gasteiger charge is -2.18. The molecule has 1 aromatic rings. The van der Waals surface area contributed by atoms with Gasteiger partial charge in [-0.05, 0) is 50.0 Å². The number of nitrogens with zero attached hydrogens (tertiary/aromatic N) is 1. The van der Waals surface area contributed by atoms with Gasteiger partial charge in [-0.15, -0.1) is 0 Å². The fraction of sp³-hybridized carbons (Fsp3) is 0.333. The summed E-state index contributed by atoms with van der Waals surface area (Å²) in [6.45, 7) is 5.94. The third kappa shape index (κ3) is 3.22. The monoisotopic (exact) mass is 258 g/mol. The van der Waals surface area contributed by atoms with Crippen LogP contribution in [-0.4, -0.2) is 18.2 Å². The van der Waals surface area contributed by atoms with E-state index in [0.29, 0.717) is 6.61 Å². The first-order valence-electron chi connectivity index (χ1n) is 6.50. The average molecular weight is 258 g/mol. The summed E-state index contributed by atoms with van der Waals surface area (Å²) in [5.74, 6) is -0.195. The number of benzene rings is 1. The molecule has 0 spiro atoms. The van der Waals surface area contributed by atoms with Gasteiger partial charge in [-0.3, -0.25) is 4.79 Å². The number of oxime groups is 1. The van der Waals surface area contributed by atoms with E-state index < -0.39 is 0 Å². The maximum atomic E-state index is 11.3. The molecule has 0 aromatic heterocycles. The molecular weight excluding hydrogens is 240 g/mol. The van der Waals surface area contributed by atoms with Crippen LogP contribution < -0.4 is 5.32 Å². The lowest BCUT2D eigenvalue weighted by Crippen LogP contribution is -2.14. The molecule has 0 bridgehead atoms. The van der Waals surface area contributed by atoms with Crippen molar-refractivity contribution in [3.63, 3.8) is 0 Å². The van der Waals surface area contributed by atoms with Crippen LogP contribution in [-0.2, 0) is 16.1 Å². The Hall–Kier alpha value is -2.10. The summed E-state index contributed by atoms with van der Waals surface area (Å²) in [5, 5.41) is 6.93. The lowest BCUT2D eigenvalue weighted by molar-refractivity contribution is -0.111. The average Bonchev–Trinajstić information content (AvgIpc) is 2.44. The zero-order valence-electron chi connectivity index (χ0n) is 11.1. The summed E-state index contributed by atoms with van der Waals surface area (Å²) in [5.41, 5.74) is 4.11. The van der Waals surface area contributed by atoms with Crippen LogP contribution in [0.25, 0.3) is 0 Å². The van der Waals surface area contributed by atoms with Crippen LogP contribution in [0.3, 0.4) is 0 Å². The van der Waals surface area contributed by atoms with E-state index in [2.05, 4.69) is 17.1 Å². The SMILES string of the molecule is C=CC(=O)Nc1ccc2c(c1)CCCC2=NOCC. The molecule has 1 N–H and O–H groups in total. The highest BCUT2D eigenvalue weighted by molar-refractivity contribution is 6.03. The van der Waals surface area contributed by atoms with Crippen molar-refractivity contribution in [2.75, 3.05) is 11.9 Å². The first-order chi connectivity index (χ1) is 9.24. The molecule has 100 valence electrons. The van der Waals surface area contributed by atoms with Crippen LogP contribution in [0.1, 0.15) is 30.9 Å². The number of carbonyl (C=O) groups excluding carboxylic acids is 1. The maximum Gasteiger partial charge on any atom is 0.247 e. The lowest BCUT2D eigenvalue weighted by atomic mass is 9.90. The van der Waals surface area contributed by atoms with Gasteiger partial charge in [0.05, 0.1) is 5.71 Å². The van der Waals surface area contributed by atoms with Gasteiger partial charge in [0.1, 0.15) is 6.61 Å². The molecule has 0 saturated carbocycles. The molecule has 4 nitrogen and oxygen atoms in total. The van der Waals surface area contributed by atoms with Crippen molar-refractivity contribution < 1.29 is 9.63 Å². The first-order valence-corrected chi connectivity index (χ1v) is 6.50. The Kier molecular flexibility index (Phi) is 4.34. The van der Waals surface area contributed by atoms with E-state index in [1.165, 1.54) is 11.6 Å². The highest BCUT2D eigenvalue weighted by Crippen LogP contribution is 2.25. The van der Waals surface area contributed by atoms with Crippen molar-refractivity contribution >= 4 is 17.3 Å². The molecule has 1 aliphatic rings. The number of carbonyl (C=O) groups is 1. The van der Waals surface area contributed by atoms with Gasteiger partial charge in [0, 0.05) is 11.3 Å². The highest BCUT2D eigenvalue weighted by Gasteiger charge is 2.16. The van der Waals surface area contributed by atoms with Crippen LogP contribution >= 0.6 is 0 Å². The fourth-order valence-corrected chi connectivity index (χ4v) is 2.17. The predicted molar refractivity (Wildman–Crippen MR) is 76.4 cm³/mol. The topological polar surface area (TPSA) is 50.7 Å². The summed E-state index contributed by atoms with van der Waals surface area (Å²) in [6, 6.07) is 5.87. The smallest absolute Gasteiger partial charge is 0.247 e. The van der Waals surface area contributed by atoms with Crippen LogP contribution in [0.5, 0.6) is 0 Å². The molecule has 0 fully saturated rings. The fourth-order valence-electron chi connectivity index (χ4n) is 2.17. The Balaban J connectivity index is 2.25. The summed E-state index contributed by atoms with van der Waals surface area (Å²) in [7, 11) is 0. The van der Waals surface area contributed by atoms with E-state index >= 15 is 0 Å². The molecular formula is C15H18N2O2. The third-order valence-corrected chi connectivity index (χ3v) is 3.03. The van der Waals surface area contributed by atoms with Gasteiger partial charge in [-0.2, -0.15) is 0 Å². The number of fused-ring (bicyclic) bond motifs is 1. The Labute approximate surface area is 113 Å². The number of rotatable bonds is 4. The minimum absolute atomic E-state index is 0.195. The molecule has 0 heterocycles. The van der Waals surface area contributed by atoms with E-state index in [1.807, 2.05) is 25.1 Å². The summed E-state index contributed by atoms with van der Waals surface area (Å²) in [6.07, 6.45) is 4.25. The van der Waals surface area contributed by atoms with Gasteiger partial charge >= 0.3 is 0 Å². The van der Waals surface area contributed by atoms with Crippen molar-refractivity contribution in [2.45, 2.75) is 26.2 Å². The Morgan fingerprint density at radius 3 is 3.11 bits per heavy atom. The van der Waals surface area contributed by atoms with Crippen molar-refractivity contribution in [3.05, 3.63) is 42.0 Å². The van der Waals surface area contributed by atoms with E-state index in [-0.39, 0.29) is 5.91 Å². The van der Waals surface area contributed by atoms with Crippen molar-refractivity contribution in [1.29, 1.82) is 0 Å². The van der Waals surface area contributed by atoms with Crippen molar-refractivity contribution in [1.82, 2.24) is 0 Å². The van der Waals surface area contributed by atoms with Crippen LogP contribution in [0.4, 0.5) is 5.69 Å². The Morgan fingerprint density at radius 2 is 2.37 bits per heavy atom. The van der Waals surface area contributed by atoms with Gasteiger partial charge in [0.15, 0.2) is 0 Å². The second kappa shape index (κ2) is 6.18. The maximum absolute atomic E-state index is 11.3. The third-order valence-electron chi connectivity index (χ3n) is 3.03. The van der Waals surface area contributed by atoms with Gasteiger partial charge in [0.2, 0.25) is 5.91 Å². The van der Waals surface area contributed by atoms with E-state index in [1.54, 1.807) is 0 Å². The molecule has 1 amide bonds. The summed E-state index contributed by atoms with van der Waals surface area (Å²) < 4.78 is 0. The largest absolute Gasteiger partial charge is 0.396 e. The quantitative estimate of drug-likeness (QED) is 0.667. The first kappa shape index (κ1) is 13.3. The zero-order chi connectivity index (χ0) is 13.7. The molecule has 1 aliphatic carbocycles. The van der Waals surface area contributed by atoms with Crippen molar-refractivity contribution in [3.8, 4) is 0 Å². The van der Waals surface area contributed by atoms with Crippen LogP contribution in [0, 0.1) is 0 Å². The molecule has 0 atom stereocenters. The number of nitrogens with one attached hydrogen (secondary N) is 1. The molecule has 19 heavy (non-hydrogen) atoms. The Morgan fingerprint density at radius 1 is 1.53 bits per heavy atom. The zero-order valence-corrected chi connectivity index (χ0v) is 11.1. The number of amides is 1. The standard InChI is InChI=1S/C15H18N2O2/c1-3-15(18)16-12-8-9-13-11(10-12)6-5-7-14(13)17-19-4-2/h3,8-10H,1,4-7H2,2H3,(H,16,18). The molecule has 0 aliphatic heterocycles. The number of hydrogen-bond acceptors (Lipinski definition) is 3. The molecule has 0 saturated heterocycles. The Bertz CT molecular complexity index is 521. The molecule has 4 heteroatoms. The van der Waals surface area contributed by atoms with Gasteiger partial charge in [-0.25, -0.2) is 0 Å². The highest BCUT2D eigenvalue weighted by atomic mass is 16.6. The molecule has 0 unspecified atom stereocenters. The molecule has 0 radical (unpaired) electrons. The number of hydrogen-bond donors (Lipinski definition) is 1. The second-order valence-electron chi connectivity index (χ2n) is 4.37. The van der Waals surface area contributed by atoms with Gasteiger partial charge in [-0.1, -0.05) is 17.8 Å². The minimum Gasteiger partial charge on any atom is -0.396 e. The summed E-state index contributed by atoms with van der Waals surface area (Å²) >= 11 is 0. The molecule has 2 rings (SSSR count). The molecule has 1 aromatic carbocycles. The minimum atomic E-state index is -0.195. The van der Waals surface area contributed by atoms with E-state index in [4.69, 9.17) is 4.84 Å². The van der Waals surface area contributed by atoms with Gasteiger partial charge in [0.25, 0.3) is 0 Å². The van der Waals surface area contributed by atoms with E-state index in [9.17, 15) is 4.79 Å². The van der Waals surface area contributed by atoms with Gasteiger partial charge < -0.3 is 10.2 Å². The summed E-state index contributed by atoms with van der Waals surface area (Å²) in [4.78, 5) is 16.4. The van der Waals surface area contributed by atoms with Crippen LogP contribution in [0.15, 0.2) is 36.0 Å². The van der Waals surface area contributed by atoms with Crippen molar-refractivity contribution in [2.24, 2.45) is 5.16 Å². The number of anilines is 1. The van der Waals surface area contributed by atoms with Crippen LogP contribution in [0.2, 0.25) is 0 Å².